The van der Waals surface area contributed by atoms with Crippen LogP contribution in [-0.2, 0) is 14.9 Å². The molecule has 2 rings (SSSR count). The molecule has 0 bridgehead atoms. The number of carboxylic acid groups (broad SMARTS) is 1. The van der Waals surface area contributed by atoms with Gasteiger partial charge in [0, 0.05) is 16.1 Å². The molecule has 1 aromatic carbocycles. The number of benzene rings is 1. The minimum Gasteiger partial charge on any atom is -0.481 e. The van der Waals surface area contributed by atoms with Crippen molar-refractivity contribution in [1.29, 1.82) is 0 Å². The zero-order valence-corrected chi connectivity index (χ0v) is 14.4. The van der Waals surface area contributed by atoms with E-state index in [1.807, 2.05) is 0 Å². The van der Waals surface area contributed by atoms with Gasteiger partial charge in [-0.05, 0) is 51.3 Å². The van der Waals surface area contributed by atoms with E-state index in [9.17, 15) is 9.59 Å². The van der Waals surface area contributed by atoms with E-state index in [0.29, 0.717) is 10.7 Å². The first-order valence-corrected chi connectivity index (χ1v) is 8.01. The second-order valence-electron chi connectivity index (χ2n) is 7.03. The first-order valence-electron chi connectivity index (χ1n) is 7.63. The molecule has 1 aromatic rings. The molecule has 0 aliphatic heterocycles. The summed E-state index contributed by atoms with van der Waals surface area (Å²) in [4.78, 5) is 22.9. The highest BCUT2D eigenvalue weighted by molar-refractivity contribution is 6.31. The number of aliphatic carboxylic acids is 1. The van der Waals surface area contributed by atoms with Crippen LogP contribution in [-0.4, -0.2) is 22.8 Å². The average molecular weight is 340 g/mol. The topological polar surface area (TPSA) is 75.6 Å². The second kappa shape index (κ2) is 6.40. The van der Waals surface area contributed by atoms with Crippen LogP contribution in [0.25, 0.3) is 0 Å². The Morgan fingerprint density at radius 3 is 2.43 bits per heavy atom. The quantitative estimate of drug-likeness (QED) is 0.841. The SMILES string of the molecule is CC(C)(C)OC(=O)Nc1ccc(C2(CC(=O)O)CCC2)c(Cl)c1. The van der Waals surface area contributed by atoms with Crippen molar-refractivity contribution in [3.63, 3.8) is 0 Å². The normalized spacial score (nSPS) is 16.3. The third-order valence-electron chi connectivity index (χ3n) is 3.99. The van der Waals surface area contributed by atoms with Gasteiger partial charge in [-0.1, -0.05) is 24.1 Å². The number of ether oxygens (including phenoxy) is 1. The summed E-state index contributed by atoms with van der Waals surface area (Å²) in [6, 6.07) is 5.17. The maximum Gasteiger partial charge on any atom is 0.412 e. The number of hydrogen-bond acceptors (Lipinski definition) is 3. The van der Waals surface area contributed by atoms with E-state index >= 15 is 0 Å². The monoisotopic (exact) mass is 339 g/mol. The minimum absolute atomic E-state index is 0.0750. The van der Waals surface area contributed by atoms with Gasteiger partial charge in [0.1, 0.15) is 5.60 Å². The molecule has 0 spiro atoms. The van der Waals surface area contributed by atoms with E-state index in [0.717, 1.165) is 24.8 Å². The molecule has 1 amide bonds. The lowest BCUT2D eigenvalue weighted by atomic mass is 9.62. The number of hydrogen-bond donors (Lipinski definition) is 2. The van der Waals surface area contributed by atoms with Gasteiger partial charge in [0.25, 0.3) is 0 Å². The number of halogens is 1. The molecule has 1 aliphatic carbocycles. The fourth-order valence-electron chi connectivity index (χ4n) is 2.88. The van der Waals surface area contributed by atoms with E-state index in [1.54, 1.807) is 39.0 Å². The molecule has 0 atom stereocenters. The molecule has 5 nitrogen and oxygen atoms in total. The van der Waals surface area contributed by atoms with Crippen molar-refractivity contribution in [3.05, 3.63) is 28.8 Å². The highest BCUT2D eigenvalue weighted by atomic mass is 35.5. The van der Waals surface area contributed by atoms with E-state index in [-0.39, 0.29) is 11.8 Å². The number of carbonyl (C=O) groups is 2. The van der Waals surface area contributed by atoms with Crippen LogP contribution in [0.2, 0.25) is 5.02 Å². The number of nitrogens with one attached hydrogen (secondary N) is 1. The molecule has 1 aliphatic rings. The molecule has 1 fully saturated rings. The molecule has 0 heterocycles. The van der Waals surface area contributed by atoms with Crippen LogP contribution in [0.1, 0.15) is 52.0 Å². The Bertz CT molecular complexity index is 618. The molecule has 23 heavy (non-hydrogen) atoms. The Balaban J connectivity index is 2.15. The highest BCUT2D eigenvalue weighted by Gasteiger charge is 2.41. The van der Waals surface area contributed by atoms with E-state index in [2.05, 4.69) is 5.32 Å². The fraction of sp³-hybridized carbons (Fsp3) is 0.529. The van der Waals surface area contributed by atoms with E-state index < -0.39 is 17.7 Å². The molecule has 6 heteroatoms. The molecule has 0 aromatic heterocycles. The number of amides is 1. The summed E-state index contributed by atoms with van der Waals surface area (Å²) < 4.78 is 5.19. The van der Waals surface area contributed by atoms with Crippen LogP contribution < -0.4 is 5.32 Å². The Kier molecular flexibility index (Phi) is 4.90. The summed E-state index contributed by atoms with van der Waals surface area (Å²) in [6.07, 6.45) is 2.16. The third-order valence-corrected chi connectivity index (χ3v) is 4.30. The standard InChI is InChI=1S/C17H22ClNO4/c1-16(2,3)23-15(22)19-11-5-6-12(13(18)9-11)17(7-4-8-17)10-14(20)21/h5-6,9H,4,7-8,10H2,1-3H3,(H,19,22)(H,20,21). The summed E-state index contributed by atoms with van der Waals surface area (Å²) in [5.41, 5.74) is 0.402. The number of rotatable bonds is 4. The van der Waals surface area contributed by atoms with Gasteiger partial charge < -0.3 is 9.84 Å². The molecule has 0 unspecified atom stereocenters. The molecule has 0 radical (unpaired) electrons. The van der Waals surface area contributed by atoms with Crippen LogP contribution >= 0.6 is 11.6 Å². The molecule has 126 valence electrons. The molecule has 2 N–H and O–H groups in total. The van der Waals surface area contributed by atoms with Gasteiger partial charge in [0.05, 0.1) is 6.42 Å². The van der Waals surface area contributed by atoms with Crippen LogP contribution in [0.5, 0.6) is 0 Å². The van der Waals surface area contributed by atoms with Crippen LogP contribution in [0.4, 0.5) is 10.5 Å². The lowest BCUT2D eigenvalue weighted by molar-refractivity contribution is -0.139. The molecule has 1 saturated carbocycles. The van der Waals surface area contributed by atoms with Gasteiger partial charge in [0.2, 0.25) is 0 Å². The van der Waals surface area contributed by atoms with Gasteiger partial charge in [0.15, 0.2) is 0 Å². The number of anilines is 1. The average Bonchev–Trinajstić information content (AvgIpc) is 2.31. The zero-order chi connectivity index (χ0) is 17.3. The minimum atomic E-state index is -0.822. The van der Waals surface area contributed by atoms with Crippen molar-refractivity contribution < 1.29 is 19.4 Å². The predicted molar refractivity (Wildman–Crippen MR) is 89.1 cm³/mol. The summed E-state index contributed by atoms with van der Waals surface area (Å²) in [7, 11) is 0. The first kappa shape index (κ1) is 17.6. The smallest absolute Gasteiger partial charge is 0.412 e. The van der Waals surface area contributed by atoms with Crippen molar-refractivity contribution in [2.24, 2.45) is 0 Å². The zero-order valence-electron chi connectivity index (χ0n) is 13.6. The lowest BCUT2D eigenvalue weighted by Crippen LogP contribution is -2.36. The predicted octanol–water partition coefficient (Wildman–Crippen LogP) is 4.58. The maximum absolute atomic E-state index is 11.8. The van der Waals surface area contributed by atoms with E-state index in [1.165, 1.54) is 0 Å². The highest BCUT2D eigenvalue weighted by Crippen LogP contribution is 2.49. The molecule has 0 saturated heterocycles. The lowest BCUT2D eigenvalue weighted by Gasteiger charge is -2.42. The molecular formula is C17H22ClNO4. The Morgan fingerprint density at radius 2 is 2.00 bits per heavy atom. The van der Waals surface area contributed by atoms with Crippen molar-refractivity contribution in [1.82, 2.24) is 0 Å². The summed E-state index contributed by atoms with van der Waals surface area (Å²) in [5.74, 6) is -0.822. The molecular weight excluding hydrogens is 318 g/mol. The van der Waals surface area contributed by atoms with Crippen molar-refractivity contribution in [3.8, 4) is 0 Å². The summed E-state index contributed by atoms with van der Waals surface area (Å²) >= 11 is 6.34. The third kappa shape index (κ3) is 4.38. The van der Waals surface area contributed by atoms with Crippen molar-refractivity contribution >= 4 is 29.4 Å². The summed E-state index contributed by atoms with van der Waals surface area (Å²) in [6.45, 7) is 5.36. The number of carboxylic acids is 1. The van der Waals surface area contributed by atoms with Crippen LogP contribution in [0.3, 0.4) is 0 Å². The van der Waals surface area contributed by atoms with Crippen LogP contribution in [0, 0.1) is 0 Å². The summed E-state index contributed by atoms with van der Waals surface area (Å²) in [5, 5.41) is 12.2. The fourth-order valence-corrected chi connectivity index (χ4v) is 3.26. The van der Waals surface area contributed by atoms with Crippen LogP contribution in [0.15, 0.2) is 18.2 Å². The largest absolute Gasteiger partial charge is 0.481 e. The van der Waals surface area contributed by atoms with Gasteiger partial charge in [-0.25, -0.2) is 4.79 Å². The van der Waals surface area contributed by atoms with Crippen molar-refractivity contribution in [2.45, 2.75) is 57.5 Å². The Morgan fingerprint density at radius 1 is 1.35 bits per heavy atom. The second-order valence-corrected chi connectivity index (χ2v) is 7.43. The Hall–Kier alpha value is -1.75. The number of carbonyl (C=O) groups excluding carboxylic acids is 1. The van der Waals surface area contributed by atoms with Gasteiger partial charge in [-0.3, -0.25) is 10.1 Å². The van der Waals surface area contributed by atoms with E-state index in [4.69, 9.17) is 21.4 Å². The maximum atomic E-state index is 11.8. The first-order chi connectivity index (χ1) is 10.6. The van der Waals surface area contributed by atoms with Gasteiger partial charge in [-0.2, -0.15) is 0 Å². The van der Waals surface area contributed by atoms with Crippen molar-refractivity contribution in [2.75, 3.05) is 5.32 Å². The Labute approximate surface area is 141 Å². The van der Waals surface area contributed by atoms with Gasteiger partial charge >= 0.3 is 12.1 Å². The van der Waals surface area contributed by atoms with Gasteiger partial charge in [-0.15, -0.1) is 0 Å².